The van der Waals surface area contributed by atoms with Crippen molar-refractivity contribution in [3.8, 4) is 0 Å². The molecule has 3 atom stereocenters. The van der Waals surface area contributed by atoms with Crippen LogP contribution in [0.25, 0.3) is 5.57 Å². The van der Waals surface area contributed by atoms with Crippen LogP contribution in [0.15, 0.2) is 90.0 Å². The zero-order valence-corrected chi connectivity index (χ0v) is 20.1. The van der Waals surface area contributed by atoms with Crippen LogP contribution in [0.2, 0.25) is 0 Å². The molecule has 1 aromatic heterocycles. The van der Waals surface area contributed by atoms with Gasteiger partial charge in [0.25, 0.3) is 10.0 Å². The summed E-state index contributed by atoms with van der Waals surface area (Å²) < 4.78 is 43.9. The summed E-state index contributed by atoms with van der Waals surface area (Å²) in [5, 5.41) is 3.00. The third kappa shape index (κ3) is 5.02. The minimum Gasteiger partial charge on any atom is -0.348 e. The van der Waals surface area contributed by atoms with Crippen molar-refractivity contribution < 1.29 is 12.8 Å². The lowest BCUT2D eigenvalue weighted by Crippen LogP contribution is -2.45. The third-order valence-corrected chi connectivity index (χ3v) is 7.31. The minimum atomic E-state index is -3.82. The van der Waals surface area contributed by atoms with Gasteiger partial charge in [0.15, 0.2) is 5.67 Å². The van der Waals surface area contributed by atoms with Gasteiger partial charge in [-0.1, -0.05) is 61.5 Å². The SMILES string of the molecule is Cc1cccc(S(=O)(=O)Nc2ccnc(NC(C)C3(F)C=CC(c4ccccc4)=CC3C)n2)c1. The van der Waals surface area contributed by atoms with Crippen molar-refractivity contribution in [2.75, 3.05) is 10.0 Å². The molecular formula is C26H27FN4O2S. The molecule has 0 spiro atoms. The zero-order valence-electron chi connectivity index (χ0n) is 19.2. The summed E-state index contributed by atoms with van der Waals surface area (Å²) >= 11 is 0. The molecule has 8 heteroatoms. The maximum Gasteiger partial charge on any atom is 0.263 e. The zero-order chi connectivity index (χ0) is 24.3. The highest BCUT2D eigenvalue weighted by atomic mass is 32.2. The molecule has 0 bridgehead atoms. The molecule has 2 aromatic carbocycles. The molecule has 176 valence electrons. The summed E-state index contributed by atoms with van der Waals surface area (Å²) in [7, 11) is -3.82. The second-order valence-corrected chi connectivity index (χ2v) is 10.2. The highest BCUT2D eigenvalue weighted by Gasteiger charge is 2.41. The molecule has 6 nitrogen and oxygen atoms in total. The van der Waals surface area contributed by atoms with Crippen molar-refractivity contribution >= 4 is 27.4 Å². The fourth-order valence-electron chi connectivity index (χ4n) is 3.95. The fraction of sp³-hybridized carbons (Fsp3) is 0.231. The lowest BCUT2D eigenvalue weighted by atomic mass is 9.78. The number of hydrogen-bond donors (Lipinski definition) is 2. The molecular weight excluding hydrogens is 451 g/mol. The Kier molecular flexibility index (Phi) is 6.52. The molecule has 1 aliphatic carbocycles. The molecule has 0 aliphatic heterocycles. The monoisotopic (exact) mass is 478 g/mol. The predicted molar refractivity (Wildman–Crippen MR) is 134 cm³/mol. The van der Waals surface area contributed by atoms with Gasteiger partial charge >= 0.3 is 0 Å². The van der Waals surface area contributed by atoms with E-state index in [4.69, 9.17) is 0 Å². The van der Waals surface area contributed by atoms with E-state index in [2.05, 4.69) is 20.0 Å². The summed E-state index contributed by atoms with van der Waals surface area (Å²) in [5.41, 5.74) is 1.15. The molecule has 1 heterocycles. The highest BCUT2D eigenvalue weighted by molar-refractivity contribution is 7.92. The van der Waals surface area contributed by atoms with Crippen LogP contribution >= 0.6 is 0 Å². The molecule has 0 saturated heterocycles. The number of sulfonamides is 1. The molecule has 0 saturated carbocycles. The standard InChI is InChI=1S/C26H27FN4O2S/c1-18-8-7-11-23(16-18)34(32,33)31-24-13-15-28-25(30-24)29-20(3)26(27)14-12-22(17-19(26)2)21-9-5-4-6-10-21/h4-17,19-20H,1-3H3,(H2,28,29,30,31). The van der Waals surface area contributed by atoms with Crippen molar-refractivity contribution in [2.45, 2.75) is 37.4 Å². The van der Waals surface area contributed by atoms with E-state index in [1.807, 2.05) is 56.3 Å². The van der Waals surface area contributed by atoms with Gasteiger partial charge in [-0.15, -0.1) is 0 Å². The Morgan fingerprint density at radius 2 is 1.85 bits per heavy atom. The van der Waals surface area contributed by atoms with Gasteiger partial charge < -0.3 is 5.32 Å². The number of nitrogens with zero attached hydrogens (tertiary/aromatic N) is 2. The van der Waals surface area contributed by atoms with Gasteiger partial charge in [-0.3, -0.25) is 4.72 Å². The number of benzene rings is 2. The number of anilines is 2. The van der Waals surface area contributed by atoms with E-state index in [-0.39, 0.29) is 16.7 Å². The molecule has 1 aliphatic rings. The number of hydrogen-bond acceptors (Lipinski definition) is 5. The van der Waals surface area contributed by atoms with E-state index in [1.165, 1.54) is 18.3 Å². The summed E-state index contributed by atoms with van der Waals surface area (Å²) in [6.45, 7) is 5.37. The maximum atomic E-state index is 16.0. The first-order valence-corrected chi connectivity index (χ1v) is 12.5. The molecule has 0 amide bonds. The average molecular weight is 479 g/mol. The van der Waals surface area contributed by atoms with E-state index < -0.39 is 27.7 Å². The smallest absolute Gasteiger partial charge is 0.263 e. The quantitative estimate of drug-likeness (QED) is 0.476. The number of aromatic nitrogens is 2. The molecule has 3 unspecified atom stereocenters. The van der Waals surface area contributed by atoms with Gasteiger partial charge in [0.1, 0.15) is 5.82 Å². The second-order valence-electron chi connectivity index (χ2n) is 8.49. The van der Waals surface area contributed by atoms with E-state index in [9.17, 15) is 8.42 Å². The van der Waals surface area contributed by atoms with Crippen LogP contribution in [-0.2, 0) is 10.0 Å². The van der Waals surface area contributed by atoms with Crippen LogP contribution in [0.3, 0.4) is 0 Å². The van der Waals surface area contributed by atoms with E-state index >= 15 is 4.39 Å². The summed E-state index contributed by atoms with van der Waals surface area (Å²) in [5.74, 6) is -0.178. The Balaban J connectivity index is 1.49. The molecule has 3 aromatic rings. The highest BCUT2D eigenvalue weighted by Crippen LogP contribution is 2.37. The first-order chi connectivity index (χ1) is 16.2. The Bertz CT molecular complexity index is 1340. The fourth-order valence-corrected chi connectivity index (χ4v) is 5.06. The van der Waals surface area contributed by atoms with E-state index in [0.717, 1.165) is 16.7 Å². The summed E-state index contributed by atoms with van der Waals surface area (Å²) in [6.07, 6.45) is 6.71. The van der Waals surface area contributed by atoms with E-state index in [0.29, 0.717) is 0 Å². The predicted octanol–water partition coefficient (Wildman–Crippen LogP) is 5.38. The lowest BCUT2D eigenvalue weighted by Gasteiger charge is -2.36. The molecule has 0 fully saturated rings. The Hall–Kier alpha value is -3.52. The Labute approximate surface area is 199 Å². The number of rotatable bonds is 7. The van der Waals surface area contributed by atoms with Crippen molar-refractivity contribution in [2.24, 2.45) is 5.92 Å². The van der Waals surface area contributed by atoms with Crippen molar-refractivity contribution in [1.82, 2.24) is 9.97 Å². The lowest BCUT2D eigenvalue weighted by molar-refractivity contribution is 0.153. The topological polar surface area (TPSA) is 84.0 Å². The van der Waals surface area contributed by atoms with Gasteiger partial charge in [-0.05, 0) is 54.8 Å². The molecule has 0 radical (unpaired) electrons. The minimum absolute atomic E-state index is 0.0950. The third-order valence-electron chi connectivity index (χ3n) is 5.96. The van der Waals surface area contributed by atoms with Gasteiger partial charge in [-0.2, -0.15) is 4.98 Å². The van der Waals surface area contributed by atoms with Crippen LogP contribution in [0, 0.1) is 12.8 Å². The molecule has 2 N–H and O–H groups in total. The van der Waals surface area contributed by atoms with Gasteiger partial charge in [0.2, 0.25) is 5.95 Å². The van der Waals surface area contributed by atoms with Crippen molar-refractivity contribution in [3.63, 3.8) is 0 Å². The van der Waals surface area contributed by atoms with Gasteiger partial charge in [0, 0.05) is 12.1 Å². The molecule has 4 rings (SSSR count). The Morgan fingerprint density at radius 3 is 2.56 bits per heavy atom. The first kappa shape index (κ1) is 23.6. The summed E-state index contributed by atoms with van der Waals surface area (Å²) in [6, 6.07) is 17.2. The maximum absolute atomic E-state index is 16.0. The normalized spacial score (nSPS) is 20.9. The van der Waals surface area contributed by atoms with Crippen molar-refractivity contribution in [3.05, 3.63) is 96.2 Å². The Morgan fingerprint density at radius 1 is 1.09 bits per heavy atom. The van der Waals surface area contributed by atoms with Gasteiger partial charge in [0.05, 0.1) is 10.9 Å². The van der Waals surface area contributed by atoms with Crippen LogP contribution < -0.4 is 10.0 Å². The van der Waals surface area contributed by atoms with Crippen LogP contribution in [0.5, 0.6) is 0 Å². The number of aryl methyl sites for hydroxylation is 1. The number of alkyl halides is 1. The average Bonchev–Trinajstić information content (AvgIpc) is 2.81. The van der Waals surface area contributed by atoms with Crippen LogP contribution in [-0.4, -0.2) is 30.1 Å². The largest absolute Gasteiger partial charge is 0.348 e. The van der Waals surface area contributed by atoms with Crippen LogP contribution in [0.1, 0.15) is 25.0 Å². The van der Waals surface area contributed by atoms with E-state index in [1.54, 1.807) is 31.2 Å². The van der Waals surface area contributed by atoms with Gasteiger partial charge in [-0.25, -0.2) is 17.8 Å². The molecule has 34 heavy (non-hydrogen) atoms. The number of halogens is 1. The first-order valence-electron chi connectivity index (χ1n) is 11.0. The second kappa shape index (κ2) is 9.38. The van der Waals surface area contributed by atoms with Crippen molar-refractivity contribution in [1.29, 1.82) is 0 Å². The number of nitrogens with one attached hydrogen (secondary N) is 2. The van der Waals surface area contributed by atoms with Crippen LogP contribution in [0.4, 0.5) is 16.2 Å². The number of allylic oxidation sites excluding steroid dienone is 3. The summed E-state index contributed by atoms with van der Waals surface area (Å²) in [4.78, 5) is 8.53.